The van der Waals surface area contributed by atoms with Gasteiger partial charge >= 0.3 is 5.97 Å². The zero-order chi connectivity index (χ0) is 15.7. The molecule has 0 saturated heterocycles. The number of amides is 1. The quantitative estimate of drug-likeness (QED) is 0.895. The fourth-order valence-electron chi connectivity index (χ4n) is 4.23. The van der Waals surface area contributed by atoms with Crippen molar-refractivity contribution >= 4 is 11.9 Å². The average Bonchev–Trinajstić information content (AvgIpc) is 2.55. The summed E-state index contributed by atoms with van der Waals surface area (Å²) in [5, 5.41) is 12.5. The molecule has 0 unspecified atom stereocenters. The molecule has 5 nitrogen and oxygen atoms in total. The first-order chi connectivity index (χ1) is 10.6. The number of carboxylic acid groups (broad SMARTS) is 1. The van der Waals surface area contributed by atoms with Crippen molar-refractivity contribution in [2.24, 2.45) is 23.7 Å². The molecule has 1 aromatic heterocycles. The highest BCUT2D eigenvalue weighted by Gasteiger charge is 2.50. The molecule has 3 aliphatic rings. The van der Waals surface area contributed by atoms with E-state index in [9.17, 15) is 14.7 Å². The fourth-order valence-corrected chi connectivity index (χ4v) is 4.23. The molecule has 3 aliphatic carbocycles. The highest BCUT2D eigenvalue weighted by molar-refractivity contribution is 5.86. The van der Waals surface area contributed by atoms with Crippen molar-refractivity contribution < 1.29 is 14.7 Å². The highest BCUT2D eigenvalue weighted by atomic mass is 16.4. The van der Waals surface area contributed by atoms with Crippen LogP contribution in [-0.4, -0.2) is 22.0 Å². The molecule has 1 aromatic rings. The van der Waals surface area contributed by atoms with E-state index in [2.05, 4.69) is 10.3 Å². The summed E-state index contributed by atoms with van der Waals surface area (Å²) in [6, 6.07) is 3.60. The maximum absolute atomic E-state index is 12.7. The molecule has 4 rings (SSSR count). The Hall–Kier alpha value is -1.91. The number of fused-ring (bicyclic) bond motifs is 3. The van der Waals surface area contributed by atoms with Crippen LogP contribution in [0.1, 0.15) is 44.2 Å². The van der Waals surface area contributed by atoms with E-state index in [0.29, 0.717) is 0 Å². The molecule has 0 radical (unpaired) electrons. The lowest BCUT2D eigenvalue weighted by atomic mass is 9.58. The summed E-state index contributed by atoms with van der Waals surface area (Å²) in [6.45, 7) is 1.92. The Morgan fingerprint density at radius 2 is 1.68 bits per heavy atom. The number of hydrogen-bond donors (Lipinski definition) is 2. The molecule has 1 amide bonds. The Bertz CT molecular complexity index is 552. The summed E-state index contributed by atoms with van der Waals surface area (Å²) in [5.41, 5.74) is 0.983. The molecule has 3 atom stereocenters. The molecule has 118 valence electrons. The number of carbonyl (C=O) groups excluding carboxylic acids is 1. The molecular weight excluding hydrogens is 280 g/mol. The van der Waals surface area contributed by atoms with Crippen LogP contribution in [-0.2, 0) is 9.59 Å². The average molecular weight is 302 g/mol. The van der Waals surface area contributed by atoms with Crippen molar-refractivity contribution in [2.75, 3.05) is 0 Å². The molecule has 0 spiro atoms. The van der Waals surface area contributed by atoms with Crippen LogP contribution in [0.2, 0.25) is 0 Å². The minimum absolute atomic E-state index is 0.105. The number of nitrogens with zero attached hydrogens (tertiary/aromatic N) is 1. The summed E-state index contributed by atoms with van der Waals surface area (Å²) >= 11 is 0. The molecule has 22 heavy (non-hydrogen) atoms. The summed E-state index contributed by atoms with van der Waals surface area (Å²) < 4.78 is 0. The normalized spacial score (nSPS) is 31.5. The predicted octanol–water partition coefficient (Wildman–Crippen LogP) is 2.40. The summed E-state index contributed by atoms with van der Waals surface area (Å²) in [7, 11) is 0. The molecular formula is C17H22N2O3. The van der Waals surface area contributed by atoms with Crippen LogP contribution in [0.25, 0.3) is 0 Å². The number of nitrogens with one attached hydrogen (secondary N) is 1. The van der Waals surface area contributed by atoms with Crippen LogP contribution in [0, 0.1) is 23.7 Å². The van der Waals surface area contributed by atoms with E-state index < -0.39 is 11.9 Å². The van der Waals surface area contributed by atoms with Gasteiger partial charge in [0, 0.05) is 12.4 Å². The number of aliphatic carboxylic acids is 1. The van der Waals surface area contributed by atoms with Crippen LogP contribution >= 0.6 is 0 Å². The standard InChI is InChI=1S/C17H22N2O3/c1-10(11-6-8-18-9-7-11)19-16(20)14-12-2-4-13(5-3-12)15(14)17(21)22/h6-10,12-15H,2-5H2,1H3,(H,19,20)(H,21,22)/t10-,12?,13?,14+,15+/m0/s1. The highest BCUT2D eigenvalue weighted by Crippen LogP contribution is 2.49. The Morgan fingerprint density at radius 3 is 2.23 bits per heavy atom. The van der Waals surface area contributed by atoms with Gasteiger partial charge in [-0.2, -0.15) is 0 Å². The molecule has 0 aliphatic heterocycles. The maximum Gasteiger partial charge on any atom is 0.307 e. The van der Waals surface area contributed by atoms with E-state index in [-0.39, 0.29) is 29.7 Å². The first-order valence-corrected chi connectivity index (χ1v) is 8.01. The summed E-state index contributed by atoms with van der Waals surface area (Å²) in [4.78, 5) is 28.3. The van der Waals surface area contributed by atoms with E-state index in [1.54, 1.807) is 12.4 Å². The zero-order valence-corrected chi connectivity index (χ0v) is 12.7. The molecule has 3 fully saturated rings. The Labute approximate surface area is 130 Å². The molecule has 0 aromatic carbocycles. The Morgan fingerprint density at radius 1 is 1.14 bits per heavy atom. The van der Waals surface area contributed by atoms with E-state index in [0.717, 1.165) is 31.2 Å². The summed E-state index contributed by atoms with van der Waals surface area (Å²) in [5.74, 6) is -1.44. The molecule has 1 heterocycles. The summed E-state index contributed by atoms with van der Waals surface area (Å²) in [6.07, 6.45) is 7.25. The lowest BCUT2D eigenvalue weighted by molar-refractivity contribution is -0.158. The number of carbonyl (C=O) groups is 2. The smallest absolute Gasteiger partial charge is 0.307 e. The van der Waals surface area contributed by atoms with Crippen molar-refractivity contribution in [3.05, 3.63) is 30.1 Å². The maximum atomic E-state index is 12.7. The van der Waals surface area contributed by atoms with Gasteiger partial charge in [0.2, 0.25) is 5.91 Å². The van der Waals surface area contributed by atoms with Gasteiger partial charge in [0.15, 0.2) is 0 Å². The van der Waals surface area contributed by atoms with Gasteiger partial charge in [-0.3, -0.25) is 14.6 Å². The van der Waals surface area contributed by atoms with Gasteiger partial charge in [-0.1, -0.05) is 0 Å². The van der Waals surface area contributed by atoms with E-state index in [1.165, 1.54) is 0 Å². The number of carboxylic acids is 1. The second kappa shape index (κ2) is 6.07. The first-order valence-electron chi connectivity index (χ1n) is 8.01. The van der Waals surface area contributed by atoms with Gasteiger partial charge in [0.05, 0.1) is 17.9 Å². The minimum Gasteiger partial charge on any atom is -0.481 e. The lowest BCUT2D eigenvalue weighted by Gasteiger charge is -2.46. The van der Waals surface area contributed by atoms with E-state index in [1.807, 2.05) is 19.1 Å². The van der Waals surface area contributed by atoms with Gasteiger partial charge < -0.3 is 10.4 Å². The van der Waals surface area contributed by atoms with Crippen molar-refractivity contribution in [3.8, 4) is 0 Å². The number of pyridine rings is 1. The van der Waals surface area contributed by atoms with Gasteiger partial charge in [-0.25, -0.2) is 0 Å². The second-order valence-electron chi connectivity index (χ2n) is 6.58. The van der Waals surface area contributed by atoms with Crippen molar-refractivity contribution in [1.29, 1.82) is 0 Å². The second-order valence-corrected chi connectivity index (χ2v) is 6.58. The first kappa shape index (κ1) is 15.0. The van der Waals surface area contributed by atoms with Crippen LogP contribution in [0.5, 0.6) is 0 Å². The van der Waals surface area contributed by atoms with Crippen LogP contribution < -0.4 is 5.32 Å². The third-order valence-electron chi connectivity index (χ3n) is 5.37. The van der Waals surface area contributed by atoms with Crippen molar-refractivity contribution in [2.45, 2.75) is 38.6 Å². The minimum atomic E-state index is -0.814. The van der Waals surface area contributed by atoms with Gasteiger partial charge in [-0.05, 0) is 62.1 Å². The van der Waals surface area contributed by atoms with Crippen LogP contribution in [0.3, 0.4) is 0 Å². The lowest BCUT2D eigenvalue weighted by Crippen LogP contribution is -2.51. The van der Waals surface area contributed by atoms with Crippen LogP contribution in [0.15, 0.2) is 24.5 Å². The van der Waals surface area contributed by atoms with E-state index in [4.69, 9.17) is 0 Å². The molecule has 3 saturated carbocycles. The third kappa shape index (κ3) is 2.72. The SMILES string of the molecule is C[C@H](NC(=O)[C@@H]1C2CCC(CC2)[C@H]1C(=O)O)c1ccncc1. The van der Waals surface area contributed by atoms with Crippen LogP contribution in [0.4, 0.5) is 0 Å². The number of hydrogen-bond acceptors (Lipinski definition) is 3. The van der Waals surface area contributed by atoms with Crippen molar-refractivity contribution in [3.63, 3.8) is 0 Å². The van der Waals surface area contributed by atoms with Gasteiger partial charge in [-0.15, -0.1) is 0 Å². The molecule has 5 heteroatoms. The molecule has 2 N–H and O–H groups in total. The van der Waals surface area contributed by atoms with Crippen molar-refractivity contribution in [1.82, 2.24) is 10.3 Å². The van der Waals surface area contributed by atoms with Gasteiger partial charge in [0.25, 0.3) is 0 Å². The largest absolute Gasteiger partial charge is 0.481 e. The molecule has 2 bridgehead atoms. The Balaban J connectivity index is 1.74. The number of rotatable bonds is 4. The topological polar surface area (TPSA) is 79.3 Å². The fraction of sp³-hybridized carbons (Fsp3) is 0.588. The number of aromatic nitrogens is 1. The zero-order valence-electron chi connectivity index (χ0n) is 12.7. The Kier molecular flexibility index (Phi) is 4.14. The third-order valence-corrected chi connectivity index (χ3v) is 5.37. The monoisotopic (exact) mass is 302 g/mol. The van der Waals surface area contributed by atoms with Gasteiger partial charge in [0.1, 0.15) is 0 Å². The predicted molar refractivity (Wildman–Crippen MR) is 80.9 cm³/mol. The van der Waals surface area contributed by atoms with E-state index >= 15 is 0 Å².